The van der Waals surface area contributed by atoms with Crippen molar-refractivity contribution >= 4 is 5.78 Å². The number of phenols is 1. The van der Waals surface area contributed by atoms with Crippen molar-refractivity contribution in [2.24, 2.45) is 0 Å². The molecule has 4 rings (SSSR count). The van der Waals surface area contributed by atoms with Crippen molar-refractivity contribution < 1.29 is 44.9 Å². The average molecular weight is 446 g/mol. The molecule has 1 unspecified atom stereocenters. The van der Waals surface area contributed by atoms with Crippen molar-refractivity contribution in [3.05, 3.63) is 57.6 Å². The SMILES string of the molecule is Cc1ccc2c(c1O)C(=O)c1c(C)cc(O[C@H]3O[C@H](CO)[C@H](O)[C@H](O)[C@H]3O)cc1C2(C)O. The standard InChI is InChI=1S/C23H26O9/c1-9-4-5-12-16(17(9)25)19(27)15-10(2)6-11(7-13(15)23(12,3)30)31-22-21(29)20(28)18(26)14(8-24)32-22/h4-7,14,18,20-22,24-26,28-30H,8H2,1-3H3/t14-,18+,20+,21-,22+,23?/m1/s1. The van der Waals surface area contributed by atoms with Gasteiger partial charge in [0.15, 0.2) is 5.78 Å². The topological polar surface area (TPSA) is 157 Å². The minimum absolute atomic E-state index is 0.0493. The Morgan fingerprint density at radius 3 is 2.34 bits per heavy atom. The summed E-state index contributed by atoms with van der Waals surface area (Å²) in [5, 5.41) is 61.4. The van der Waals surface area contributed by atoms with Gasteiger partial charge in [-0.15, -0.1) is 0 Å². The molecule has 1 heterocycles. The Hall–Kier alpha value is -2.53. The number of aliphatic hydroxyl groups is 5. The van der Waals surface area contributed by atoms with Crippen LogP contribution < -0.4 is 4.74 Å². The number of hydrogen-bond acceptors (Lipinski definition) is 9. The van der Waals surface area contributed by atoms with Gasteiger partial charge in [-0.2, -0.15) is 0 Å². The van der Waals surface area contributed by atoms with Crippen molar-refractivity contribution in [2.45, 2.75) is 57.1 Å². The number of carbonyl (C=O) groups excluding carboxylic acids is 1. The van der Waals surface area contributed by atoms with Gasteiger partial charge >= 0.3 is 0 Å². The highest BCUT2D eigenvalue weighted by atomic mass is 16.7. The molecule has 0 spiro atoms. The van der Waals surface area contributed by atoms with Crippen LogP contribution in [0.3, 0.4) is 0 Å². The number of fused-ring (bicyclic) bond motifs is 2. The van der Waals surface area contributed by atoms with Crippen LogP contribution in [0.15, 0.2) is 24.3 Å². The van der Waals surface area contributed by atoms with E-state index in [-0.39, 0.29) is 33.8 Å². The van der Waals surface area contributed by atoms with Crippen LogP contribution in [-0.4, -0.2) is 73.7 Å². The number of benzene rings is 2. The number of phenolic OH excluding ortho intramolecular Hbond substituents is 1. The van der Waals surface area contributed by atoms with Gasteiger partial charge in [-0.3, -0.25) is 4.79 Å². The van der Waals surface area contributed by atoms with Gasteiger partial charge in [-0.1, -0.05) is 12.1 Å². The van der Waals surface area contributed by atoms with E-state index in [1.165, 1.54) is 19.1 Å². The van der Waals surface area contributed by atoms with Gasteiger partial charge < -0.3 is 40.1 Å². The molecule has 9 heteroatoms. The first-order valence-electron chi connectivity index (χ1n) is 10.2. The monoisotopic (exact) mass is 446 g/mol. The van der Waals surface area contributed by atoms with Crippen molar-refractivity contribution in [3.8, 4) is 11.5 Å². The second-order valence-electron chi connectivity index (χ2n) is 8.53. The summed E-state index contributed by atoms with van der Waals surface area (Å²) >= 11 is 0. The van der Waals surface area contributed by atoms with Gasteiger partial charge in [-0.05, 0) is 44.0 Å². The molecule has 0 aromatic heterocycles. The third-order valence-corrected chi connectivity index (χ3v) is 6.29. The van der Waals surface area contributed by atoms with E-state index in [1.807, 2.05) is 0 Å². The molecule has 2 aromatic rings. The van der Waals surface area contributed by atoms with Gasteiger partial charge in [0.05, 0.1) is 12.2 Å². The molecule has 9 nitrogen and oxygen atoms in total. The van der Waals surface area contributed by atoms with E-state index >= 15 is 0 Å². The van der Waals surface area contributed by atoms with Crippen LogP contribution in [-0.2, 0) is 10.3 Å². The van der Waals surface area contributed by atoms with Crippen LogP contribution in [0.4, 0.5) is 0 Å². The summed E-state index contributed by atoms with van der Waals surface area (Å²) < 4.78 is 11.1. The number of aliphatic hydroxyl groups excluding tert-OH is 4. The molecule has 32 heavy (non-hydrogen) atoms. The number of hydrogen-bond donors (Lipinski definition) is 6. The minimum Gasteiger partial charge on any atom is -0.507 e. The fourth-order valence-corrected chi connectivity index (χ4v) is 4.41. The predicted octanol–water partition coefficient (Wildman–Crippen LogP) is -0.0121. The molecule has 1 fully saturated rings. The Morgan fingerprint density at radius 1 is 1.00 bits per heavy atom. The lowest BCUT2D eigenvalue weighted by Gasteiger charge is -2.40. The summed E-state index contributed by atoms with van der Waals surface area (Å²) in [7, 11) is 0. The smallest absolute Gasteiger partial charge is 0.229 e. The van der Waals surface area contributed by atoms with Gasteiger partial charge in [0.25, 0.3) is 0 Å². The number of carbonyl (C=O) groups is 1. The number of ketones is 1. The van der Waals surface area contributed by atoms with Crippen molar-refractivity contribution in [3.63, 3.8) is 0 Å². The highest BCUT2D eigenvalue weighted by Gasteiger charge is 2.46. The number of aryl methyl sites for hydroxylation is 2. The van der Waals surface area contributed by atoms with Crippen LogP contribution in [0.25, 0.3) is 0 Å². The largest absolute Gasteiger partial charge is 0.507 e. The minimum atomic E-state index is -1.64. The Balaban J connectivity index is 1.76. The summed E-state index contributed by atoms with van der Waals surface area (Å²) in [6.45, 7) is 4.21. The van der Waals surface area contributed by atoms with Crippen molar-refractivity contribution in [1.29, 1.82) is 0 Å². The van der Waals surface area contributed by atoms with E-state index in [0.717, 1.165) is 0 Å². The zero-order chi connectivity index (χ0) is 23.5. The second kappa shape index (κ2) is 7.80. The maximum Gasteiger partial charge on any atom is 0.229 e. The van der Waals surface area contributed by atoms with E-state index in [2.05, 4.69) is 0 Å². The third-order valence-electron chi connectivity index (χ3n) is 6.29. The summed E-state index contributed by atoms with van der Waals surface area (Å²) in [6.07, 6.45) is -7.28. The summed E-state index contributed by atoms with van der Waals surface area (Å²) in [6, 6.07) is 6.14. The Labute approximate surface area is 184 Å². The predicted molar refractivity (Wildman–Crippen MR) is 111 cm³/mol. The Bertz CT molecular complexity index is 1080. The number of ether oxygens (including phenoxy) is 2. The van der Waals surface area contributed by atoms with E-state index in [9.17, 15) is 35.4 Å². The van der Waals surface area contributed by atoms with Gasteiger partial charge in [0.1, 0.15) is 41.5 Å². The Kier molecular flexibility index (Phi) is 5.52. The lowest BCUT2D eigenvalue weighted by Crippen LogP contribution is -2.60. The van der Waals surface area contributed by atoms with Crippen LogP contribution in [0.5, 0.6) is 11.5 Å². The highest BCUT2D eigenvalue weighted by molar-refractivity contribution is 6.15. The zero-order valence-electron chi connectivity index (χ0n) is 17.8. The maximum atomic E-state index is 13.2. The van der Waals surface area contributed by atoms with Gasteiger partial charge in [-0.25, -0.2) is 0 Å². The van der Waals surface area contributed by atoms with E-state index in [4.69, 9.17) is 9.47 Å². The van der Waals surface area contributed by atoms with Crippen LogP contribution in [0.1, 0.15) is 45.1 Å². The molecule has 6 N–H and O–H groups in total. The zero-order valence-corrected chi connectivity index (χ0v) is 17.8. The molecule has 1 aliphatic carbocycles. The van der Waals surface area contributed by atoms with Crippen LogP contribution in [0, 0.1) is 13.8 Å². The molecular weight excluding hydrogens is 420 g/mol. The van der Waals surface area contributed by atoms with Crippen molar-refractivity contribution in [2.75, 3.05) is 6.61 Å². The first kappa shape index (κ1) is 22.7. The first-order valence-corrected chi connectivity index (χ1v) is 10.2. The van der Waals surface area contributed by atoms with E-state index in [1.54, 1.807) is 26.0 Å². The highest BCUT2D eigenvalue weighted by Crippen LogP contribution is 2.45. The normalized spacial score (nSPS) is 31.8. The van der Waals surface area contributed by atoms with Crippen LogP contribution >= 0.6 is 0 Å². The lowest BCUT2D eigenvalue weighted by molar-refractivity contribution is -0.277. The molecule has 2 aromatic carbocycles. The number of rotatable bonds is 3. The second-order valence-corrected chi connectivity index (χ2v) is 8.53. The fourth-order valence-electron chi connectivity index (χ4n) is 4.41. The third kappa shape index (κ3) is 3.29. The first-order chi connectivity index (χ1) is 15.0. The summed E-state index contributed by atoms with van der Waals surface area (Å²) in [5.74, 6) is -0.475. The molecule has 0 radical (unpaired) electrons. The molecular formula is C23H26O9. The fraction of sp³-hybridized carbons (Fsp3) is 0.435. The number of aromatic hydroxyl groups is 1. The van der Waals surface area contributed by atoms with E-state index in [0.29, 0.717) is 11.1 Å². The summed E-state index contributed by atoms with van der Waals surface area (Å²) in [4.78, 5) is 13.2. The van der Waals surface area contributed by atoms with Gasteiger partial charge in [0, 0.05) is 16.7 Å². The molecule has 0 bridgehead atoms. The molecule has 6 atom stereocenters. The quantitative estimate of drug-likeness (QED) is 0.381. The average Bonchev–Trinajstić information content (AvgIpc) is 2.74. The molecule has 1 saturated heterocycles. The molecule has 0 amide bonds. The van der Waals surface area contributed by atoms with Gasteiger partial charge in [0.2, 0.25) is 6.29 Å². The summed E-state index contributed by atoms with van der Waals surface area (Å²) in [5.41, 5.74) is 0.108. The van der Waals surface area contributed by atoms with Crippen LogP contribution in [0.2, 0.25) is 0 Å². The van der Waals surface area contributed by atoms with E-state index < -0.39 is 48.7 Å². The van der Waals surface area contributed by atoms with Crippen molar-refractivity contribution in [1.82, 2.24) is 0 Å². The lowest BCUT2D eigenvalue weighted by atomic mass is 9.73. The Morgan fingerprint density at radius 2 is 1.69 bits per heavy atom. The molecule has 1 aliphatic heterocycles. The molecule has 2 aliphatic rings. The molecule has 172 valence electrons. The maximum absolute atomic E-state index is 13.2. The molecule has 0 saturated carbocycles.